The largest absolute Gasteiger partial charge is 0.365 e. The fourth-order valence-electron chi connectivity index (χ4n) is 2.72. The van der Waals surface area contributed by atoms with Crippen molar-refractivity contribution in [3.05, 3.63) is 17.8 Å². The second-order valence-electron chi connectivity index (χ2n) is 5.17. The van der Waals surface area contributed by atoms with Crippen molar-refractivity contribution in [3.8, 4) is 0 Å². The van der Waals surface area contributed by atoms with Crippen molar-refractivity contribution in [2.24, 2.45) is 5.92 Å². The number of nitrogens with zero attached hydrogens (tertiary/aromatic N) is 2. The van der Waals surface area contributed by atoms with Gasteiger partial charge >= 0.3 is 0 Å². The van der Waals surface area contributed by atoms with Crippen LogP contribution in [0.15, 0.2) is 6.33 Å². The predicted molar refractivity (Wildman–Crippen MR) is 71.0 cm³/mol. The van der Waals surface area contributed by atoms with E-state index < -0.39 is 0 Å². The summed E-state index contributed by atoms with van der Waals surface area (Å²) >= 11 is 0. The van der Waals surface area contributed by atoms with E-state index in [1.165, 1.54) is 38.4 Å². The van der Waals surface area contributed by atoms with Crippen LogP contribution in [0.4, 0.5) is 10.2 Å². The molecule has 0 aliphatic heterocycles. The molecule has 1 unspecified atom stereocenters. The zero-order valence-electron chi connectivity index (χ0n) is 11.2. The smallest absolute Gasteiger partial charge is 0.186 e. The first-order valence-electron chi connectivity index (χ1n) is 6.98. The maximum Gasteiger partial charge on any atom is 0.186 e. The summed E-state index contributed by atoms with van der Waals surface area (Å²) in [6.07, 6.45) is 8.44. The lowest BCUT2D eigenvalue weighted by molar-refractivity contribution is 0.327. The van der Waals surface area contributed by atoms with Gasteiger partial charge in [-0.25, -0.2) is 14.4 Å². The highest BCUT2D eigenvalue weighted by Gasteiger charge is 2.21. The fraction of sp³-hybridized carbons (Fsp3) is 0.714. The zero-order valence-corrected chi connectivity index (χ0v) is 11.2. The Bertz CT molecular complexity index is 389. The van der Waals surface area contributed by atoms with Gasteiger partial charge in [0.1, 0.15) is 6.33 Å². The predicted octanol–water partition coefficient (Wildman–Crippen LogP) is 3.56. The van der Waals surface area contributed by atoms with E-state index in [4.69, 9.17) is 0 Å². The third kappa shape index (κ3) is 2.98. The molecule has 18 heavy (non-hydrogen) atoms. The lowest BCUT2D eigenvalue weighted by Gasteiger charge is -2.28. The van der Waals surface area contributed by atoms with E-state index in [9.17, 15) is 4.39 Å². The summed E-state index contributed by atoms with van der Waals surface area (Å²) in [5.74, 6) is 0.709. The molecule has 0 aromatic carbocycles. The molecule has 1 aliphatic rings. The van der Waals surface area contributed by atoms with Gasteiger partial charge in [-0.15, -0.1) is 0 Å². The topological polar surface area (TPSA) is 37.8 Å². The van der Waals surface area contributed by atoms with Crippen molar-refractivity contribution in [3.63, 3.8) is 0 Å². The molecule has 1 aromatic heterocycles. The molecule has 0 radical (unpaired) electrons. The Kier molecular flexibility index (Phi) is 4.50. The Morgan fingerprint density at radius 2 is 2.06 bits per heavy atom. The van der Waals surface area contributed by atoms with Crippen LogP contribution in [0.2, 0.25) is 0 Å². The van der Waals surface area contributed by atoms with Gasteiger partial charge in [-0.2, -0.15) is 0 Å². The van der Waals surface area contributed by atoms with Gasteiger partial charge in [-0.05, 0) is 32.1 Å². The van der Waals surface area contributed by atoms with E-state index in [0.717, 1.165) is 0 Å². The highest BCUT2D eigenvalue weighted by molar-refractivity contribution is 5.38. The molecule has 0 spiro atoms. The number of hydrogen-bond acceptors (Lipinski definition) is 3. The Morgan fingerprint density at radius 3 is 2.72 bits per heavy atom. The summed E-state index contributed by atoms with van der Waals surface area (Å²) < 4.78 is 14.0. The summed E-state index contributed by atoms with van der Waals surface area (Å²) in [7, 11) is 0. The molecule has 1 heterocycles. The standard InChI is InChI=1S/C14H22FN3/c1-3-12-13(15)14(17-9-16-12)18-10(2)11-7-5-4-6-8-11/h9-11H,3-8H2,1-2H3,(H,16,17,18). The molecule has 1 atom stereocenters. The lowest BCUT2D eigenvalue weighted by Crippen LogP contribution is -2.28. The molecule has 1 fully saturated rings. The number of halogens is 1. The number of rotatable bonds is 4. The van der Waals surface area contributed by atoms with Crippen molar-refractivity contribution in [1.29, 1.82) is 0 Å². The Morgan fingerprint density at radius 1 is 1.33 bits per heavy atom. The molecule has 4 heteroatoms. The second kappa shape index (κ2) is 6.12. The van der Waals surface area contributed by atoms with Crippen LogP contribution in [0.5, 0.6) is 0 Å². The molecule has 1 aromatic rings. The first-order chi connectivity index (χ1) is 8.72. The van der Waals surface area contributed by atoms with Gasteiger partial charge in [0.25, 0.3) is 0 Å². The fourth-order valence-corrected chi connectivity index (χ4v) is 2.72. The SMILES string of the molecule is CCc1ncnc(NC(C)C2CCCCC2)c1F. The third-order valence-electron chi connectivity index (χ3n) is 3.92. The number of aryl methyl sites for hydroxylation is 1. The number of aromatic nitrogens is 2. The molecule has 100 valence electrons. The quantitative estimate of drug-likeness (QED) is 0.889. The van der Waals surface area contributed by atoms with E-state index in [1.54, 1.807) is 0 Å². The van der Waals surface area contributed by atoms with Gasteiger partial charge in [0, 0.05) is 6.04 Å². The summed E-state index contributed by atoms with van der Waals surface area (Å²) in [4.78, 5) is 7.98. The molecular formula is C14H22FN3. The van der Waals surface area contributed by atoms with Crippen molar-refractivity contribution in [1.82, 2.24) is 9.97 Å². The second-order valence-corrected chi connectivity index (χ2v) is 5.17. The van der Waals surface area contributed by atoms with Crippen LogP contribution in [-0.4, -0.2) is 16.0 Å². The Labute approximate surface area is 108 Å². The van der Waals surface area contributed by atoms with Crippen LogP contribution in [0.3, 0.4) is 0 Å². The third-order valence-corrected chi connectivity index (χ3v) is 3.92. The summed E-state index contributed by atoms with van der Waals surface area (Å²) in [6.45, 7) is 4.03. The Balaban J connectivity index is 2.04. The van der Waals surface area contributed by atoms with Crippen molar-refractivity contribution < 1.29 is 4.39 Å². The molecule has 0 saturated heterocycles. The highest BCUT2D eigenvalue weighted by Crippen LogP contribution is 2.28. The first-order valence-corrected chi connectivity index (χ1v) is 6.98. The first kappa shape index (κ1) is 13.2. The van der Waals surface area contributed by atoms with Crippen LogP contribution in [0.1, 0.15) is 51.6 Å². The summed E-state index contributed by atoms with van der Waals surface area (Å²) in [6, 6.07) is 0.277. The van der Waals surface area contributed by atoms with Gasteiger partial charge in [0.15, 0.2) is 11.6 Å². The van der Waals surface area contributed by atoms with Crippen LogP contribution in [0.25, 0.3) is 0 Å². The van der Waals surface area contributed by atoms with Crippen molar-refractivity contribution in [2.75, 3.05) is 5.32 Å². The highest BCUT2D eigenvalue weighted by atomic mass is 19.1. The maximum atomic E-state index is 14.0. The molecule has 0 amide bonds. The van der Waals surface area contributed by atoms with E-state index >= 15 is 0 Å². The monoisotopic (exact) mass is 251 g/mol. The summed E-state index contributed by atoms with van der Waals surface area (Å²) in [5.41, 5.74) is 0.489. The lowest BCUT2D eigenvalue weighted by atomic mass is 9.84. The van der Waals surface area contributed by atoms with Gasteiger partial charge in [0.05, 0.1) is 5.69 Å². The molecular weight excluding hydrogens is 229 g/mol. The van der Waals surface area contributed by atoms with Crippen molar-refractivity contribution in [2.45, 2.75) is 58.4 Å². The maximum absolute atomic E-state index is 14.0. The van der Waals surface area contributed by atoms with Crippen LogP contribution < -0.4 is 5.32 Å². The van der Waals surface area contributed by atoms with Gasteiger partial charge in [-0.1, -0.05) is 26.2 Å². The molecule has 1 saturated carbocycles. The molecule has 0 bridgehead atoms. The van der Waals surface area contributed by atoms with E-state index in [0.29, 0.717) is 23.9 Å². The number of nitrogens with one attached hydrogen (secondary N) is 1. The van der Waals surface area contributed by atoms with Crippen molar-refractivity contribution >= 4 is 5.82 Å². The minimum Gasteiger partial charge on any atom is -0.365 e. The summed E-state index contributed by atoms with van der Waals surface area (Å²) in [5, 5.41) is 3.23. The van der Waals surface area contributed by atoms with Crippen LogP contribution >= 0.6 is 0 Å². The molecule has 3 nitrogen and oxygen atoms in total. The van der Waals surface area contributed by atoms with Gasteiger partial charge in [-0.3, -0.25) is 0 Å². The van der Waals surface area contributed by atoms with Crippen LogP contribution in [-0.2, 0) is 6.42 Å². The minimum atomic E-state index is -0.289. The number of anilines is 1. The molecule has 1 aliphatic carbocycles. The average Bonchev–Trinajstić information content (AvgIpc) is 2.42. The van der Waals surface area contributed by atoms with E-state index in [1.807, 2.05) is 6.92 Å². The van der Waals surface area contributed by atoms with E-state index in [-0.39, 0.29) is 11.9 Å². The zero-order chi connectivity index (χ0) is 13.0. The van der Waals surface area contributed by atoms with Gasteiger partial charge in [0.2, 0.25) is 0 Å². The van der Waals surface area contributed by atoms with Crippen LogP contribution in [0, 0.1) is 11.7 Å². The van der Waals surface area contributed by atoms with Gasteiger partial charge < -0.3 is 5.32 Å². The van der Waals surface area contributed by atoms with E-state index in [2.05, 4.69) is 22.2 Å². The normalized spacial score (nSPS) is 18.6. The average molecular weight is 251 g/mol. The molecule has 2 rings (SSSR count). The molecule has 1 N–H and O–H groups in total. The Hall–Kier alpha value is -1.19. The minimum absolute atomic E-state index is 0.277. The number of hydrogen-bond donors (Lipinski definition) is 1.